The maximum absolute atomic E-state index is 11.4. The van der Waals surface area contributed by atoms with E-state index in [-0.39, 0.29) is 11.6 Å². The van der Waals surface area contributed by atoms with Crippen LogP contribution in [0, 0.1) is 0 Å². The zero-order chi connectivity index (χ0) is 20.2. The second-order valence-electron chi connectivity index (χ2n) is 6.12. The van der Waals surface area contributed by atoms with Crippen molar-refractivity contribution in [1.82, 2.24) is 19.9 Å². The molecule has 144 valence electrons. The molecule has 0 unspecified atom stereocenters. The van der Waals surface area contributed by atoms with Crippen LogP contribution in [0.4, 0.5) is 11.5 Å². The standard InChI is InChI=1S/C21H17N5O3/c1-26(19-17-5-3-4-6-18(17)24-13-25-19)15-7-9-16(10-8-15)29-21-22-11-14(12-23-21)20(27)28-2/h3-13H,1-2H3. The van der Waals surface area contributed by atoms with Gasteiger partial charge in [0.1, 0.15) is 17.9 Å². The van der Waals surface area contributed by atoms with Crippen molar-refractivity contribution in [3.8, 4) is 11.8 Å². The second-order valence-corrected chi connectivity index (χ2v) is 6.12. The smallest absolute Gasteiger partial charge is 0.341 e. The van der Waals surface area contributed by atoms with Crippen molar-refractivity contribution in [2.75, 3.05) is 19.1 Å². The number of methoxy groups -OCH3 is 1. The van der Waals surface area contributed by atoms with Crippen LogP contribution in [0.15, 0.2) is 67.3 Å². The second kappa shape index (κ2) is 7.89. The summed E-state index contributed by atoms with van der Waals surface area (Å²) in [6, 6.07) is 15.4. The van der Waals surface area contributed by atoms with E-state index in [1.54, 1.807) is 6.33 Å². The Morgan fingerprint density at radius 1 is 0.931 bits per heavy atom. The van der Waals surface area contributed by atoms with Crippen molar-refractivity contribution >= 4 is 28.4 Å². The summed E-state index contributed by atoms with van der Waals surface area (Å²) in [5, 5.41) is 0.969. The number of carbonyl (C=O) groups is 1. The number of ether oxygens (including phenoxy) is 2. The van der Waals surface area contributed by atoms with E-state index in [4.69, 9.17) is 4.74 Å². The van der Waals surface area contributed by atoms with Gasteiger partial charge in [-0.25, -0.2) is 24.7 Å². The minimum absolute atomic E-state index is 0.139. The molecule has 0 aliphatic rings. The molecule has 29 heavy (non-hydrogen) atoms. The Kier molecular flexibility index (Phi) is 4.98. The predicted molar refractivity (Wildman–Crippen MR) is 107 cm³/mol. The van der Waals surface area contributed by atoms with E-state index in [0.29, 0.717) is 5.75 Å². The van der Waals surface area contributed by atoms with Gasteiger partial charge in [0.15, 0.2) is 0 Å². The lowest BCUT2D eigenvalue weighted by Gasteiger charge is -2.20. The van der Waals surface area contributed by atoms with Gasteiger partial charge in [-0.3, -0.25) is 0 Å². The molecule has 0 N–H and O–H groups in total. The van der Waals surface area contributed by atoms with Crippen molar-refractivity contribution in [3.05, 3.63) is 72.8 Å². The van der Waals surface area contributed by atoms with Crippen molar-refractivity contribution < 1.29 is 14.3 Å². The Bertz CT molecular complexity index is 1140. The van der Waals surface area contributed by atoms with Crippen LogP contribution in [0.5, 0.6) is 11.8 Å². The number of nitrogens with zero attached hydrogens (tertiary/aromatic N) is 5. The fraction of sp³-hybridized carbons (Fsp3) is 0.0952. The van der Waals surface area contributed by atoms with Gasteiger partial charge in [0, 0.05) is 30.5 Å². The van der Waals surface area contributed by atoms with E-state index in [9.17, 15) is 4.79 Å². The molecule has 0 radical (unpaired) electrons. The summed E-state index contributed by atoms with van der Waals surface area (Å²) in [7, 11) is 3.24. The van der Waals surface area contributed by atoms with E-state index in [2.05, 4.69) is 24.7 Å². The number of rotatable bonds is 5. The summed E-state index contributed by atoms with van der Waals surface area (Å²) in [4.78, 5) is 30.2. The van der Waals surface area contributed by atoms with Gasteiger partial charge in [0.05, 0.1) is 18.2 Å². The first-order valence-corrected chi connectivity index (χ1v) is 8.77. The van der Waals surface area contributed by atoms with Crippen LogP contribution in [0.1, 0.15) is 10.4 Å². The van der Waals surface area contributed by atoms with E-state index in [1.165, 1.54) is 19.5 Å². The Morgan fingerprint density at radius 3 is 2.38 bits per heavy atom. The summed E-state index contributed by atoms with van der Waals surface area (Å²) >= 11 is 0. The Labute approximate surface area is 166 Å². The first-order chi connectivity index (χ1) is 14.2. The van der Waals surface area contributed by atoms with Crippen LogP contribution in [0.25, 0.3) is 10.9 Å². The summed E-state index contributed by atoms with van der Waals surface area (Å²) < 4.78 is 10.3. The minimum Gasteiger partial charge on any atom is -0.465 e. The molecule has 0 atom stereocenters. The zero-order valence-corrected chi connectivity index (χ0v) is 15.8. The van der Waals surface area contributed by atoms with Gasteiger partial charge in [-0.05, 0) is 36.4 Å². The van der Waals surface area contributed by atoms with Crippen LogP contribution >= 0.6 is 0 Å². The number of para-hydroxylation sites is 1. The van der Waals surface area contributed by atoms with Crippen molar-refractivity contribution in [2.45, 2.75) is 0 Å². The average molecular weight is 387 g/mol. The Balaban J connectivity index is 1.52. The topological polar surface area (TPSA) is 90.3 Å². The highest BCUT2D eigenvalue weighted by molar-refractivity contribution is 5.91. The number of anilines is 2. The number of esters is 1. The van der Waals surface area contributed by atoms with E-state index in [0.717, 1.165) is 22.4 Å². The van der Waals surface area contributed by atoms with E-state index in [1.807, 2.05) is 60.5 Å². The number of fused-ring (bicyclic) bond motifs is 1. The SMILES string of the molecule is COC(=O)c1cnc(Oc2ccc(N(C)c3ncnc4ccccc34)cc2)nc1. The molecule has 2 aromatic heterocycles. The molecule has 0 saturated carbocycles. The third-order valence-corrected chi connectivity index (χ3v) is 4.32. The fourth-order valence-electron chi connectivity index (χ4n) is 2.82. The average Bonchev–Trinajstić information content (AvgIpc) is 2.78. The Hall–Kier alpha value is -4.07. The number of benzene rings is 2. The van der Waals surface area contributed by atoms with Gasteiger partial charge in [0.25, 0.3) is 0 Å². The highest BCUT2D eigenvalue weighted by atomic mass is 16.5. The van der Waals surface area contributed by atoms with Gasteiger partial charge in [-0.1, -0.05) is 12.1 Å². The van der Waals surface area contributed by atoms with Gasteiger partial charge in [-0.15, -0.1) is 0 Å². The van der Waals surface area contributed by atoms with Crippen LogP contribution in [0.2, 0.25) is 0 Å². The monoisotopic (exact) mass is 387 g/mol. The molecule has 0 spiro atoms. The lowest BCUT2D eigenvalue weighted by Crippen LogP contribution is -2.11. The molecule has 0 fully saturated rings. The van der Waals surface area contributed by atoms with Crippen LogP contribution < -0.4 is 9.64 Å². The molecule has 8 heteroatoms. The minimum atomic E-state index is -0.499. The molecular weight excluding hydrogens is 370 g/mol. The molecular formula is C21H17N5O3. The summed E-state index contributed by atoms with van der Waals surface area (Å²) in [6.07, 6.45) is 4.27. The third-order valence-electron chi connectivity index (χ3n) is 4.32. The lowest BCUT2D eigenvalue weighted by molar-refractivity contribution is 0.0599. The summed E-state index contributed by atoms with van der Waals surface area (Å²) in [6.45, 7) is 0. The molecule has 2 aromatic carbocycles. The van der Waals surface area contributed by atoms with Crippen molar-refractivity contribution in [2.24, 2.45) is 0 Å². The Morgan fingerprint density at radius 2 is 1.66 bits per heavy atom. The third kappa shape index (κ3) is 3.81. The summed E-state index contributed by atoms with van der Waals surface area (Å²) in [5.41, 5.74) is 2.08. The number of aromatic nitrogens is 4. The molecule has 8 nitrogen and oxygen atoms in total. The van der Waals surface area contributed by atoms with Crippen LogP contribution in [-0.2, 0) is 4.74 Å². The molecule has 0 bridgehead atoms. The lowest BCUT2D eigenvalue weighted by atomic mass is 10.2. The van der Waals surface area contributed by atoms with Gasteiger partial charge in [-0.2, -0.15) is 0 Å². The molecule has 0 aliphatic heterocycles. The number of carbonyl (C=O) groups excluding carboxylic acids is 1. The van der Waals surface area contributed by atoms with Crippen LogP contribution in [-0.4, -0.2) is 40.1 Å². The normalized spacial score (nSPS) is 10.6. The van der Waals surface area contributed by atoms with Crippen molar-refractivity contribution in [1.29, 1.82) is 0 Å². The highest BCUT2D eigenvalue weighted by Gasteiger charge is 2.11. The zero-order valence-electron chi connectivity index (χ0n) is 15.8. The molecule has 4 rings (SSSR count). The molecule has 4 aromatic rings. The van der Waals surface area contributed by atoms with Gasteiger partial charge in [0.2, 0.25) is 0 Å². The summed E-state index contributed by atoms with van der Waals surface area (Å²) in [5.74, 6) is 0.882. The van der Waals surface area contributed by atoms with Gasteiger partial charge >= 0.3 is 12.0 Å². The highest BCUT2D eigenvalue weighted by Crippen LogP contribution is 2.29. The predicted octanol–water partition coefficient (Wildman–Crippen LogP) is 3.77. The number of hydrogen-bond acceptors (Lipinski definition) is 8. The molecule has 2 heterocycles. The first kappa shape index (κ1) is 18.3. The largest absolute Gasteiger partial charge is 0.465 e. The van der Waals surface area contributed by atoms with Gasteiger partial charge < -0.3 is 14.4 Å². The van der Waals surface area contributed by atoms with Crippen molar-refractivity contribution in [3.63, 3.8) is 0 Å². The maximum atomic E-state index is 11.4. The maximum Gasteiger partial charge on any atom is 0.341 e. The molecule has 0 saturated heterocycles. The number of hydrogen-bond donors (Lipinski definition) is 0. The van der Waals surface area contributed by atoms with E-state index >= 15 is 0 Å². The molecule has 0 amide bonds. The quantitative estimate of drug-likeness (QED) is 0.478. The first-order valence-electron chi connectivity index (χ1n) is 8.77. The van der Waals surface area contributed by atoms with Crippen LogP contribution in [0.3, 0.4) is 0 Å². The van der Waals surface area contributed by atoms with E-state index < -0.39 is 5.97 Å². The molecule has 0 aliphatic carbocycles. The fourth-order valence-corrected chi connectivity index (χ4v) is 2.82.